The van der Waals surface area contributed by atoms with E-state index in [4.69, 9.17) is 4.74 Å². The van der Waals surface area contributed by atoms with Gasteiger partial charge in [-0.1, -0.05) is 6.07 Å². The summed E-state index contributed by atoms with van der Waals surface area (Å²) < 4.78 is 46.1. The summed E-state index contributed by atoms with van der Waals surface area (Å²) in [6, 6.07) is 3.52. The third kappa shape index (κ3) is 5.49. The normalized spacial score (nSPS) is 20.6. The molecule has 2 rings (SSSR count). The number of halogens is 1. The molecule has 1 saturated carbocycles. The molecular formula is C17H25FN2O4S. The predicted octanol–water partition coefficient (Wildman–Crippen LogP) is 1.73. The summed E-state index contributed by atoms with van der Waals surface area (Å²) in [7, 11) is -3.80. The molecule has 0 saturated heterocycles. The van der Waals surface area contributed by atoms with Crippen molar-refractivity contribution in [3.05, 3.63) is 29.6 Å². The van der Waals surface area contributed by atoms with Crippen LogP contribution in [0, 0.1) is 18.7 Å². The largest absolute Gasteiger partial charge is 0.380 e. The summed E-state index contributed by atoms with van der Waals surface area (Å²) in [4.78, 5) is 12.0. The van der Waals surface area contributed by atoms with Gasteiger partial charge in [-0.05, 0) is 50.8 Å². The van der Waals surface area contributed by atoms with Crippen LogP contribution in [0.1, 0.15) is 31.7 Å². The van der Waals surface area contributed by atoms with Crippen LogP contribution in [0.2, 0.25) is 0 Å². The molecular weight excluding hydrogens is 347 g/mol. The van der Waals surface area contributed by atoms with Crippen molar-refractivity contribution in [1.29, 1.82) is 0 Å². The second kappa shape index (κ2) is 8.73. The van der Waals surface area contributed by atoms with Gasteiger partial charge in [-0.3, -0.25) is 4.79 Å². The molecule has 0 unspecified atom stereocenters. The Hall–Kier alpha value is -1.51. The highest BCUT2D eigenvalue weighted by Crippen LogP contribution is 2.27. The summed E-state index contributed by atoms with van der Waals surface area (Å²) in [5.41, 5.74) is 0.392. The Morgan fingerprint density at radius 2 is 2.12 bits per heavy atom. The Morgan fingerprint density at radius 3 is 2.80 bits per heavy atom. The van der Waals surface area contributed by atoms with E-state index in [2.05, 4.69) is 10.0 Å². The third-order valence-corrected chi connectivity index (χ3v) is 5.85. The monoisotopic (exact) mass is 372 g/mol. The van der Waals surface area contributed by atoms with Crippen molar-refractivity contribution >= 4 is 15.9 Å². The van der Waals surface area contributed by atoms with Gasteiger partial charge in [-0.25, -0.2) is 17.5 Å². The van der Waals surface area contributed by atoms with Gasteiger partial charge < -0.3 is 10.1 Å². The number of benzene rings is 1. The van der Waals surface area contributed by atoms with Crippen LogP contribution in [0.3, 0.4) is 0 Å². The van der Waals surface area contributed by atoms with Crippen molar-refractivity contribution in [2.45, 2.75) is 44.0 Å². The standard InChI is InChI=1S/C17H25FN2O4S/c1-3-24-9-8-19-17(21)13-5-6-14(10-13)20-25(22,23)15-7-4-12(2)16(18)11-15/h4,7,11,13-14,20H,3,5-6,8-10H2,1-2H3,(H,19,21)/t13-,14+/m0/s1. The molecule has 8 heteroatoms. The van der Waals surface area contributed by atoms with E-state index in [0.29, 0.717) is 44.6 Å². The number of aryl methyl sites for hydroxylation is 1. The molecule has 25 heavy (non-hydrogen) atoms. The summed E-state index contributed by atoms with van der Waals surface area (Å²) in [6.45, 7) is 4.97. The summed E-state index contributed by atoms with van der Waals surface area (Å²) in [5.74, 6) is -0.854. The first-order valence-corrected chi connectivity index (χ1v) is 9.95. The van der Waals surface area contributed by atoms with Crippen LogP contribution in [0.15, 0.2) is 23.1 Å². The fourth-order valence-electron chi connectivity index (χ4n) is 2.89. The first-order chi connectivity index (χ1) is 11.8. The summed E-state index contributed by atoms with van der Waals surface area (Å²) >= 11 is 0. The highest BCUT2D eigenvalue weighted by atomic mass is 32.2. The zero-order valence-corrected chi connectivity index (χ0v) is 15.4. The first kappa shape index (κ1) is 19.8. The van der Waals surface area contributed by atoms with Crippen molar-refractivity contribution in [2.24, 2.45) is 5.92 Å². The fraction of sp³-hybridized carbons (Fsp3) is 0.588. The Kier molecular flexibility index (Phi) is 6.92. The second-order valence-corrected chi connectivity index (χ2v) is 7.94. The van der Waals surface area contributed by atoms with Gasteiger partial charge in [-0.2, -0.15) is 0 Å². The van der Waals surface area contributed by atoms with E-state index in [-0.39, 0.29) is 22.8 Å². The van der Waals surface area contributed by atoms with Crippen molar-refractivity contribution in [3.63, 3.8) is 0 Å². The van der Waals surface area contributed by atoms with E-state index in [1.54, 1.807) is 6.92 Å². The van der Waals surface area contributed by atoms with Crippen molar-refractivity contribution in [2.75, 3.05) is 19.8 Å². The van der Waals surface area contributed by atoms with Gasteiger partial charge in [0, 0.05) is 25.1 Å². The summed E-state index contributed by atoms with van der Waals surface area (Å²) in [6.07, 6.45) is 1.64. The maximum atomic E-state index is 13.6. The molecule has 1 aliphatic rings. The van der Waals surface area contributed by atoms with E-state index in [1.165, 1.54) is 12.1 Å². The average molecular weight is 372 g/mol. The number of rotatable bonds is 8. The molecule has 0 bridgehead atoms. The Labute approximate surface area is 148 Å². The average Bonchev–Trinajstić information content (AvgIpc) is 3.01. The molecule has 0 radical (unpaired) electrons. The first-order valence-electron chi connectivity index (χ1n) is 8.47. The number of amides is 1. The van der Waals surface area contributed by atoms with Crippen LogP contribution in [0.25, 0.3) is 0 Å². The molecule has 140 valence electrons. The van der Waals surface area contributed by atoms with Gasteiger partial charge in [-0.15, -0.1) is 0 Å². The topological polar surface area (TPSA) is 84.5 Å². The Morgan fingerprint density at radius 1 is 1.36 bits per heavy atom. The molecule has 2 N–H and O–H groups in total. The number of carbonyl (C=O) groups is 1. The number of carbonyl (C=O) groups excluding carboxylic acids is 1. The molecule has 1 fully saturated rings. The predicted molar refractivity (Wildman–Crippen MR) is 92.1 cm³/mol. The SMILES string of the molecule is CCOCCNC(=O)[C@H]1CC[C@@H](NS(=O)(=O)c2ccc(C)c(F)c2)C1. The number of hydrogen-bond acceptors (Lipinski definition) is 4. The van der Waals surface area contributed by atoms with Crippen molar-refractivity contribution in [3.8, 4) is 0 Å². The van der Waals surface area contributed by atoms with Crippen LogP contribution >= 0.6 is 0 Å². The maximum Gasteiger partial charge on any atom is 0.240 e. The minimum atomic E-state index is -3.80. The Bertz CT molecular complexity index is 709. The second-order valence-electron chi connectivity index (χ2n) is 6.23. The zero-order chi connectivity index (χ0) is 18.4. The van der Waals surface area contributed by atoms with Gasteiger partial charge in [0.15, 0.2) is 0 Å². The molecule has 0 heterocycles. The minimum Gasteiger partial charge on any atom is -0.380 e. The summed E-state index contributed by atoms with van der Waals surface area (Å²) in [5, 5.41) is 2.80. The molecule has 2 atom stereocenters. The zero-order valence-electron chi connectivity index (χ0n) is 14.5. The van der Waals surface area contributed by atoms with E-state index >= 15 is 0 Å². The highest BCUT2D eigenvalue weighted by molar-refractivity contribution is 7.89. The molecule has 6 nitrogen and oxygen atoms in total. The van der Waals surface area contributed by atoms with E-state index in [0.717, 1.165) is 6.07 Å². The van der Waals surface area contributed by atoms with Gasteiger partial charge in [0.05, 0.1) is 11.5 Å². The number of hydrogen-bond donors (Lipinski definition) is 2. The third-order valence-electron chi connectivity index (χ3n) is 4.33. The van der Waals surface area contributed by atoms with E-state index in [9.17, 15) is 17.6 Å². The van der Waals surface area contributed by atoms with E-state index < -0.39 is 15.8 Å². The van der Waals surface area contributed by atoms with Crippen LogP contribution in [0.5, 0.6) is 0 Å². The van der Waals surface area contributed by atoms with Crippen LogP contribution < -0.4 is 10.0 Å². The van der Waals surface area contributed by atoms with Gasteiger partial charge in [0.25, 0.3) is 0 Å². The molecule has 1 aromatic rings. The molecule has 1 aromatic carbocycles. The lowest BCUT2D eigenvalue weighted by Crippen LogP contribution is -2.35. The molecule has 0 aromatic heterocycles. The van der Waals surface area contributed by atoms with Gasteiger partial charge in [0.2, 0.25) is 15.9 Å². The molecule has 0 spiro atoms. The van der Waals surface area contributed by atoms with Crippen molar-refractivity contribution in [1.82, 2.24) is 10.0 Å². The van der Waals surface area contributed by atoms with E-state index in [1.807, 2.05) is 6.92 Å². The maximum absolute atomic E-state index is 13.6. The van der Waals surface area contributed by atoms with Crippen LogP contribution in [-0.4, -0.2) is 40.1 Å². The minimum absolute atomic E-state index is 0.0808. The van der Waals surface area contributed by atoms with Crippen LogP contribution in [-0.2, 0) is 19.6 Å². The van der Waals surface area contributed by atoms with Gasteiger partial charge in [0.1, 0.15) is 5.82 Å². The smallest absolute Gasteiger partial charge is 0.240 e. The fourth-order valence-corrected chi connectivity index (χ4v) is 4.18. The quantitative estimate of drug-likeness (QED) is 0.681. The number of ether oxygens (including phenoxy) is 1. The van der Waals surface area contributed by atoms with Crippen LogP contribution in [0.4, 0.5) is 4.39 Å². The number of sulfonamides is 1. The van der Waals surface area contributed by atoms with Crippen molar-refractivity contribution < 1.29 is 22.3 Å². The lowest BCUT2D eigenvalue weighted by Gasteiger charge is -2.14. The highest BCUT2D eigenvalue weighted by Gasteiger charge is 2.32. The van der Waals surface area contributed by atoms with Gasteiger partial charge >= 0.3 is 0 Å². The Balaban J connectivity index is 1.89. The lowest BCUT2D eigenvalue weighted by molar-refractivity contribution is -0.125. The number of nitrogens with one attached hydrogen (secondary N) is 2. The molecule has 1 amide bonds. The molecule has 1 aliphatic carbocycles. The lowest BCUT2D eigenvalue weighted by atomic mass is 10.1. The molecule has 0 aliphatic heterocycles.